The van der Waals surface area contributed by atoms with Gasteiger partial charge in [-0.3, -0.25) is 4.79 Å². The maximum absolute atomic E-state index is 11.4. The fourth-order valence-electron chi connectivity index (χ4n) is 1.45. The van der Waals surface area contributed by atoms with Gasteiger partial charge in [0.05, 0.1) is 6.20 Å². The zero-order chi connectivity index (χ0) is 15.1. The van der Waals surface area contributed by atoms with Crippen molar-refractivity contribution in [3.63, 3.8) is 0 Å². The van der Waals surface area contributed by atoms with E-state index in [0.717, 1.165) is 0 Å². The van der Waals surface area contributed by atoms with Crippen molar-refractivity contribution >= 4 is 5.78 Å². The number of Topliss-reactive ketones (excluding diaryl/α,β-unsaturated/α-hetero) is 1. The maximum atomic E-state index is 11.4. The zero-order valence-corrected chi connectivity index (χ0v) is 13.5. The highest BCUT2D eigenvalue weighted by Gasteiger charge is 2.21. The number of hydrogen-bond acceptors (Lipinski definition) is 3. The van der Waals surface area contributed by atoms with Crippen molar-refractivity contribution in [2.75, 3.05) is 0 Å². The number of ketones is 1. The van der Waals surface area contributed by atoms with Gasteiger partial charge in [0.25, 0.3) is 0 Å². The van der Waals surface area contributed by atoms with Crippen molar-refractivity contribution in [2.24, 2.45) is 10.8 Å². The van der Waals surface area contributed by atoms with Gasteiger partial charge in [0.1, 0.15) is 6.54 Å². The van der Waals surface area contributed by atoms with E-state index >= 15 is 0 Å². The lowest BCUT2D eigenvalue weighted by atomic mass is 9.91. The number of hydrogen-bond donors (Lipinski definition) is 0. The van der Waals surface area contributed by atoms with Gasteiger partial charge in [-0.2, -0.15) is 0 Å². The lowest BCUT2D eigenvalue weighted by Crippen LogP contribution is -2.25. The largest absolute Gasteiger partial charge is 0.297 e. The van der Waals surface area contributed by atoms with Crippen molar-refractivity contribution in [3.05, 3.63) is 12.4 Å². The van der Waals surface area contributed by atoms with Crippen LogP contribution in [0.1, 0.15) is 61.3 Å². The van der Waals surface area contributed by atoms with Gasteiger partial charge in [-0.25, -0.2) is 4.68 Å². The summed E-state index contributed by atoms with van der Waals surface area (Å²) < 4.78 is 1.54. The van der Waals surface area contributed by atoms with Crippen LogP contribution >= 0.6 is 0 Å². The molecule has 0 bridgehead atoms. The molecule has 0 atom stereocenters. The Hall–Kier alpha value is -1.19. The fraction of sp³-hybridized carbons (Fsp3) is 0.800. The Labute approximate surface area is 117 Å². The van der Waals surface area contributed by atoms with Crippen molar-refractivity contribution < 1.29 is 4.79 Å². The van der Waals surface area contributed by atoms with Gasteiger partial charge in [-0.15, -0.1) is 5.10 Å². The van der Waals surface area contributed by atoms with E-state index in [0.29, 0.717) is 12.0 Å². The zero-order valence-electron chi connectivity index (χ0n) is 13.5. The first-order valence-corrected chi connectivity index (χ1v) is 6.93. The van der Waals surface area contributed by atoms with Crippen molar-refractivity contribution in [1.82, 2.24) is 15.0 Å². The van der Waals surface area contributed by atoms with E-state index in [1.165, 1.54) is 17.5 Å². The summed E-state index contributed by atoms with van der Waals surface area (Å²) in [6.45, 7) is 15.0. The Morgan fingerprint density at radius 3 is 2.00 bits per heavy atom. The van der Waals surface area contributed by atoms with E-state index in [-0.39, 0.29) is 11.2 Å². The SMILES string of the molecule is CC(C)(C)C(=O)Cn1ccnn1.CCCC(C)(C)C. The highest BCUT2D eigenvalue weighted by Crippen LogP contribution is 2.19. The van der Waals surface area contributed by atoms with Crippen LogP contribution in [0.15, 0.2) is 12.4 Å². The number of nitrogens with zero attached hydrogens (tertiary/aromatic N) is 3. The van der Waals surface area contributed by atoms with Gasteiger partial charge in [0.15, 0.2) is 5.78 Å². The third-order valence-electron chi connectivity index (χ3n) is 2.61. The van der Waals surface area contributed by atoms with Crippen LogP contribution in [0.2, 0.25) is 0 Å². The predicted octanol–water partition coefficient (Wildman–Crippen LogP) is 3.73. The smallest absolute Gasteiger partial charge is 0.159 e. The molecule has 0 radical (unpaired) electrons. The summed E-state index contributed by atoms with van der Waals surface area (Å²) in [5.74, 6) is 0.160. The molecule has 0 aliphatic carbocycles. The molecule has 1 rings (SSSR count). The Bertz CT molecular complexity index is 356. The van der Waals surface area contributed by atoms with E-state index in [1.54, 1.807) is 12.4 Å². The van der Waals surface area contributed by atoms with Gasteiger partial charge in [0.2, 0.25) is 0 Å². The second-order valence-corrected chi connectivity index (χ2v) is 7.08. The molecule has 0 aliphatic heterocycles. The number of carbonyl (C=O) groups excluding carboxylic acids is 1. The quantitative estimate of drug-likeness (QED) is 0.838. The maximum Gasteiger partial charge on any atom is 0.159 e. The van der Waals surface area contributed by atoms with Crippen LogP contribution in [0.25, 0.3) is 0 Å². The lowest BCUT2D eigenvalue weighted by molar-refractivity contribution is -0.127. The molecular weight excluding hydrogens is 238 g/mol. The summed E-state index contributed by atoms with van der Waals surface area (Å²) in [5.41, 5.74) is 0.251. The molecule has 0 fully saturated rings. The number of carbonyl (C=O) groups is 1. The van der Waals surface area contributed by atoms with Gasteiger partial charge < -0.3 is 0 Å². The molecule has 4 heteroatoms. The standard InChI is InChI=1S/C8H13N3O.C7H16/c1-8(2,3)7(12)6-11-5-4-9-10-11;1-5-6-7(2,3)4/h4-5H,6H2,1-3H3;5-6H2,1-4H3. The molecule has 0 unspecified atom stereocenters. The molecule has 1 aromatic rings. The molecular formula is C15H29N3O. The van der Waals surface area contributed by atoms with E-state index in [2.05, 4.69) is 38.0 Å². The third kappa shape index (κ3) is 9.40. The topological polar surface area (TPSA) is 47.8 Å². The molecule has 0 aromatic carbocycles. The molecule has 0 amide bonds. The van der Waals surface area contributed by atoms with Gasteiger partial charge in [-0.1, -0.05) is 60.1 Å². The van der Waals surface area contributed by atoms with E-state index in [1.807, 2.05) is 20.8 Å². The molecule has 0 saturated heterocycles. The summed E-state index contributed by atoms with van der Waals surface area (Å²) in [6, 6.07) is 0. The van der Waals surface area contributed by atoms with Crippen molar-refractivity contribution in [3.8, 4) is 0 Å². The highest BCUT2D eigenvalue weighted by atomic mass is 16.1. The summed E-state index contributed by atoms with van der Waals surface area (Å²) in [4.78, 5) is 11.4. The normalized spacial score (nSPS) is 11.7. The third-order valence-corrected chi connectivity index (χ3v) is 2.61. The summed E-state index contributed by atoms with van der Waals surface area (Å²) >= 11 is 0. The average molecular weight is 267 g/mol. The molecule has 0 aliphatic rings. The first kappa shape index (κ1) is 17.8. The number of rotatable bonds is 3. The van der Waals surface area contributed by atoms with Crippen LogP contribution in [0.3, 0.4) is 0 Å². The highest BCUT2D eigenvalue weighted by molar-refractivity contribution is 5.83. The minimum absolute atomic E-state index is 0.160. The van der Waals surface area contributed by atoms with E-state index in [9.17, 15) is 4.79 Å². The molecule has 1 aromatic heterocycles. The molecule has 0 N–H and O–H groups in total. The summed E-state index contributed by atoms with van der Waals surface area (Å²) in [5, 5.41) is 7.33. The summed E-state index contributed by atoms with van der Waals surface area (Å²) in [6.07, 6.45) is 5.90. The lowest BCUT2D eigenvalue weighted by Gasteiger charge is -2.15. The Kier molecular flexibility index (Phi) is 6.95. The second kappa shape index (κ2) is 7.41. The monoisotopic (exact) mass is 267 g/mol. The molecule has 0 saturated carbocycles. The van der Waals surface area contributed by atoms with Crippen LogP contribution in [-0.2, 0) is 11.3 Å². The number of aromatic nitrogens is 3. The van der Waals surface area contributed by atoms with Crippen molar-refractivity contribution in [2.45, 2.75) is 67.9 Å². The minimum atomic E-state index is -0.300. The Balaban J connectivity index is 0.000000399. The Morgan fingerprint density at radius 1 is 1.16 bits per heavy atom. The molecule has 4 nitrogen and oxygen atoms in total. The first-order chi connectivity index (χ1) is 8.56. The average Bonchev–Trinajstić information content (AvgIpc) is 2.67. The molecule has 110 valence electrons. The van der Waals surface area contributed by atoms with E-state index < -0.39 is 0 Å². The molecule has 19 heavy (non-hydrogen) atoms. The van der Waals surface area contributed by atoms with Gasteiger partial charge in [-0.05, 0) is 11.8 Å². The molecule has 1 heterocycles. The van der Waals surface area contributed by atoms with Crippen LogP contribution in [0.4, 0.5) is 0 Å². The van der Waals surface area contributed by atoms with E-state index in [4.69, 9.17) is 0 Å². The minimum Gasteiger partial charge on any atom is -0.297 e. The van der Waals surface area contributed by atoms with Crippen LogP contribution in [-0.4, -0.2) is 20.8 Å². The molecule has 0 spiro atoms. The van der Waals surface area contributed by atoms with Crippen LogP contribution in [0, 0.1) is 10.8 Å². The first-order valence-electron chi connectivity index (χ1n) is 6.93. The Morgan fingerprint density at radius 2 is 1.74 bits per heavy atom. The summed E-state index contributed by atoms with van der Waals surface area (Å²) in [7, 11) is 0. The second-order valence-electron chi connectivity index (χ2n) is 7.08. The van der Waals surface area contributed by atoms with Crippen molar-refractivity contribution in [1.29, 1.82) is 0 Å². The predicted molar refractivity (Wildman–Crippen MR) is 78.8 cm³/mol. The van der Waals surface area contributed by atoms with Crippen LogP contribution in [0.5, 0.6) is 0 Å². The van der Waals surface area contributed by atoms with Gasteiger partial charge >= 0.3 is 0 Å². The fourth-order valence-corrected chi connectivity index (χ4v) is 1.45. The van der Waals surface area contributed by atoms with Gasteiger partial charge in [0, 0.05) is 11.6 Å². The van der Waals surface area contributed by atoms with Crippen LogP contribution < -0.4 is 0 Å².